The van der Waals surface area contributed by atoms with E-state index in [-0.39, 0.29) is 5.92 Å². The van der Waals surface area contributed by atoms with Crippen LogP contribution in [0.2, 0.25) is 0 Å². The van der Waals surface area contributed by atoms with Crippen LogP contribution in [0.4, 0.5) is 17.1 Å². The molecule has 0 spiro atoms. The molecule has 306 valence electrons. The van der Waals surface area contributed by atoms with Crippen molar-refractivity contribution in [1.82, 2.24) is 4.57 Å². The van der Waals surface area contributed by atoms with Gasteiger partial charge in [-0.05, 0) is 90.3 Å². The normalized spacial score (nSPS) is 14.6. The number of para-hydroxylation sites is 6. The van der Waals surface area contributed by atoms with E-state index >= 15 is 0 Å². The van der Waals surface area contributed by atoms with Crippen molar-refractivity contribution in [3.63, 3.8) is 0 Å². The molecular weight excluding hydrogens is 797 g/mol. The van der Waals surface area contributed by atoms with Crippen LogP contribution in [0, 0.1) is 0 Å². The summed E-state index contributed by atoms with van der Waals surface area (Å²) in [6.07, 6.45) is 5.43. The topological polar surface area (TPSA) is 43.7 Å². The van der Waals surface area contributed by atoms with Gasteiger partial charge in [0.25, 0.3) is 0 Å². The van der Waals surface area contributed by atoms with Gasteiger partial charge in [0.1, 0.15) is 28.3 Å². The Balaban J connectivity index is 0.947. The molecule has 12 aromatic rings. The van der Waals surface area contributed by atoms with Gasteiger partial charge in [0.15, 0.2) is 5.58 Å². The molecule has 1 aliphatic carbocycles. The Labute approximate surface area is 373 Å². The predicted molar refractivity (Wildman–Crippen MR) is 266 cm³/mol. The maximum absolute atomic E-state index is 7.24. The summed E-state index contributed by atoms with van der Waals surface area (Å²) in [7, 11) is 0. The smallest absolute Gasteiger partial charge is 0.159 e. The summed E-state index contributed by atoms with van der Waals surface area (Å²) in [4.78, 5) is 2.32. The lowest BCUT2D eigenvalue weighted by molar-refractivity contribution is 0.429. The van der Waals surface area contributed by atoms with Crippen molar-refractivity contribution < 1.29 is 13.6 Å². The van der Waals surface area contributed by atoms with Gasteiger partial charge in [-0.25, -0.2) is 0 Å². The van der Waals surface area contributed by atoms with Crippen molar-refractivity contribution >= 4 is 88.3 Å². The van der Waals surface area contributed by atoms with Crippen LogP contribution in [-0.2, 0) is 0 Å². The fourth-order valence-electron chi connectivity index (χ4n) is 10.6. The summed E-state index contributed by atoms with van der Waals surface area (Å²) >= 11 is 0. The molecule has 3 aromatic heterocycles. The third-order valence-corrected chi connectivity index (χ3v) is 13.6. The molecule has 0 fully saturated rings. The average Bonchev–Trinajstić information content (AvgIpc) is 4.14. The van der Waals surface area contributed by atoms with Crippen molar-refractivity contribution in [2.45, 2.75) is 12.3 Å². The Morgan fingerprint density at radius 2 is 1.15 bits per heavy atom. The first kappa shape index (κ1) is 36.0. The molecule has 1 aliphatic heterocycles. The fraction of sp³-hybridized carbons (Fsp3) is 0.0333. The summed E-state index contributed by atoms with van der Waals surface area (Å²) in [5.74, 6) is 2.21. The van der Waals surface area contributed by atoms with Gasteiger partial charge in [0.2, 0.25) is 0 Å². The number of fused-ring (bicyclic) bond motifs is 13. The van der Waals surface area contributed by atoms with E-state index in [1.165, 1.54) is 5.56 Å². The van der Waals surface area contributed by atoms with Crippen molar-refractivity contribution in [1.29, 1.82) is 0 Å². The first-order chi connectivity index (χ1) is 32.2. The van der Waals surface area contributed by atoms with E-state index < -0.39 is 0 Å². The van der Waals surface area contributed by atoms with E-state index in [9.17, 15) is 0 Å². The largest absolute Gasteiger partial charge is 0.460 e. The molecule has 0 bridgehead atoms. The average molecular weight is 835 g/mol. The van der Waals surface area contributed by atoms with Gasteiger partial charge < -0.3 is 23.0 Å². The first-order valence-electron chi connectivity index (χ1n) is 22.3. The van der Waals surface area contributed by atoms with Crippen LogP contribution in [0.15, 0.2) is 227 Å². The third kappa shape index (κ3) is 5.39. The summed E-state index contributed by atoms with van der Waals surface area (Å²) in [6, 6.07) is 71.0. The molecule has 0 saturated carbocycles. The minimum Gasteiger partial charge on any atom is -0.460 e. The van der Waals surface area contributed by atoms with E-state index in [1.807, 2.05) is 18.2 Å². The first-order valence-corrected chi connectivity index (χ1v) is 22.3. The van der Waals surface area contributed by atoms with E-state index in [4.69, 9.17) is 13.6 Å². The van der Waals surface area contributed by atoms with E-state index in [0.29, 0.717) is 0 Å². The van der Waals surface area contributed by atoms with E-state index in [2.05, 4.69) is 204 Å². The highest BCUT2D eigenvalue weighted by Gasteiger charge is 2.33. The SMILES string of the molecule is C1=CC(c2ccc(N(c3ccc(-c4cccc5c4oc4ccccc45)cc3)c3cccc4c3oc3c4ccc4c3c3ccccc3n4-c3ccccc3)cc2)=C2Oc3ccccc3C2C1. The Kier molecular flexibility index (Phi) is 7.74. The highest BCUT2D eigenvalue weighted by atomic mass is 16.5. The molecule has 4 heterocycles. The maximum Gasteiger partial charge on any atom is 0.159 e. The molecule has 5 nitrogen and oxygen atoms in total. The molecule has 1 atom stereocenters. The predicted octanol–water partition coefficient (Wildman–Crippen LogP) is 16.6. The number of nitrogens with zero attached hydrogens (tertiary/aromatic N) is 2. The van der Waals surface area contributed by atoms with Gasteiger partial charge in [0.05, 0.1) is 22.1 Å². The Bertz CT molecular complexity index is 3940. The number of furan rings is 2. The number of anilines is 3. The fourth-order valence-corrected chi connectivity index (χ4v) is 10.6. The zero-order chi connectivity index (χ0) is 42.6. The highest BCUT2D eigenvalue weighted by molar-refractivity contribution is 6.25. The Morgan fingerprint density at radius 3 is 2.00 bits per heavy atom. The van der Waals surface area contributed by atoms with Crippen LogP contribution in [0.1, 0.15) is 23.5 Å². The van der Waals surface area contributed by atoms with Crippen LogP contribution in [-0.4, -0.2) is 4.57 Å². The number of hydrogen-bond acceptors (Lipinski definition) is 4. The number of allylic oxidation sites excluding steroid dienone is 4. The van der Waals surface area contributed by atoms with Crippen LogP contribution < -0.4 is 9.64 Å². The molecule has 0 radical (unpaired) electrons. The maximum atomic E-state index is 7.24. The minimum atomic E-state index is 0.227. The monoisotopic (exact) mass is 834 g/mol. The molecule has 65 heavy (non-hydrogen) atoms. The van der Waals surface area contributed by atoms with Gasteiger partial charge in [0, 0.05) is 66.6 Å². The molecule has 0 N–H and O–H groups in total. The zero-order valence-corrected chi connectivity index (χ0v) is 35.1. The second kappa shape index (κ2) is 14.0. The molecule has 9 aromatic carbocycles. The molecule has 5 heteroatoms. The number of ether oxygens (including phenoxy) is 1. The second-order valence-corrected chi connectivity index (χ2v) is 17.1. The summed E-state index contributed by atoms with van der Waals surface area (Å²) in [6.45, 7) is 0. The second-order valence-electron chi connectivity index (χ2n) is 17.1. The lowest BCUT2D eigenvalue weighted by Gasteiger charge is -2.26. The van der Waals surface area contributed by atoms with Crippen molar-refractivity contribution in [2.75, 3.05) is 4.90 Å². The van der Waals surface area contributed by atoms with Crippen molar-refractivity contribution in [3.05, 3.63) is 229 Å². The lowest BCUT2D eigenvalue weighted by Crippen LogP contribution is -2.10. The van der Waals surface area contributed by atoms with Gasteiger partial charge >= 0.3 is 0 Å². The van der Waals surface area contributed by atoms with Gasteiger partial charge in [-0.3, -0.25) is 0 Å². The number of aromatic nitrogens is 1. The van der Waals surface area contributed by atoms with Gasteiger partial charge in [-0.2, -0.15) is 0 Å². The molecular formula is C60H38N2O3. The van der Waals surface area contributed by atoms with Crippen molar-refractivity contribution in [2.24, 2.45) is 0 Å². The van der Waals surface area contributed by atoms with Gasteiger partial charge in [-0.1, -0.05) is 140 Å². The number of rotatable bonds is 6. The lowest BCUT2D eigenvalue weighted by atomic mass is 9.87. The van der Waals surface area contributed by atoms with Crippen molar-refractivity contribution in [3.8, 4) is 22.6 Å². The highest BCUT2D eigenvalue weighted by Crippen LogP contribution is 2.50. The van der Waals surface area contributed by atoms with E-state index in [1.54, 1.807) is 0 Å². The standard InChI is InChI=1S/C60H38N2O3/c1-2-13-39(14-3-1)62-51-23-7-4-17-50(51)56-52(62)36-35-49-48-22-12-24-53(59(48)65-60(49)56)61(40-31-27-37(28-32-40)42-18-10-20-46-44-15-5-8-25-54(44)63-57(42)46)41-33-29-38(30-34-41)43-19-11-21-47-45-16-6-9-26-55(45)64-58(43)47/h1-20,22-36,47H,21H2. The number of hydrogen-bond donors (Lipinski definition) is 0. The minimum absolute atomic E-state index is 0.227. The van der Waals surface area contributed by atoms with Crippen LogP contribution >= 0.6 is 0 Å². The molecule has 2 aliphatic rings. The Morgan fingerprint density at radius 1 is 0.477 bits per heavy atom. The molecule has 0 amide bonds. The molecule has 1 unspecified atom stereocenters. The Hall–Kier alpha value is -8.54. The van der Waals surface area contributed by atoms with Crippen LogP contribution in [0.5, 0.6) is 5.75 Å². The molecule has 0 saturated heterocycles. The quantitative estimate of drug-likeness (QED) is 0.167. The van der Waals surface area contributed by atoms with Crippen LogP contribution in [0.25, 0.3) is 88.1 Å². The molecule has 14 rings (SSSR count). The summed E-state index contributed by atoms with van der Waals surface area (Å²) in [5, 5.41) is 6.64. The number of benzene rings is 9. The zero-order valence-electron chi connectivity index (χ0n) is 35.1. The summed E-state index contributed by atoms with van der Waals surface area (Å²) < 4.78 is 22.6. The summed E-state index contributed by atoms with van der Waals surface area (Å²) in [5.41, 5.74) is 15.5. The van der Waals surface area contributed by atoms with E-state index in [0.717, 1.165) is 129 Å². The van der Waals surface area contributed by atoms with Gasteiger partial charge in [-0.15, -0.1) is 0 Å². The van der Waals surface area contributed by atoms with Crippen LogP contribution in [0.3, 0.4) is 0 Å². The third-order valence-electron chi connectivity index (χ3n) is 13.6.